The van der Waals surface area contributed by atoms with Crippen molar-refractivity contribution in [1.82, 2.24) is 4.57 Å². The van der Waals surface area contributed by atoms with Crippen molar-refractivity contribution in [2.24, 2.45) is 0 Å². The number of benzene rings is 2. The highest BCUT2D eigenvalue weighted by atomic mass is 19.1. The Bertz CT molecular complexity index is 890. The van der Waals surface area contributed by atoms with Crippen LogP contribution in [0.5, 0.6) is 0 Å². The molecular formula is C19H18FNO3. The molecular weight excluding hydrogens is 309 g/mol. The molecule has 0 fully saturated rings. The van der Waals surface area contributed by atoms with Gasteiger partial charge in [0.05, 0.1) is 25.3 Å². The van der Waals surface area contributed by atoms with E-state index in [0.29, 0.717) is 36.4 Å². The number of aromatic nitrogens is 1. The van der Waals surface area contributed by atoms with Gasteiger partial charge in [-0.25, -0.2) is 4.39 Å². The number of hydrogen-bond donors (Lipinski definition) is 1. The smallest absolute Gasteiger partial charge is 0.189 e. The van der Waals surface area contributed by atoms with Crippen LogP contribution in [0, 0.1) is 5.82 Å². The third-order valence-electron chi connectivity index (χ3n) is 3.89. The Morgan fingerprint density at radius 3 is 2.62 bits per heavy atom. The standard InChI is InChI=1S/C19H18FNO3/c20-15-6-7-18-17(10-15)19(23)11-16(12-22)21(18)8-9-24-13-14-4-2-1-3-5-14/h1-7,10-11,22H,8-9,12-13H2. The average Bonchev–Trinajstić information content (AvgIpc) is 2.61. The molecule has 0 radical (unpaired) electrons. The van der Waals surface area contributed by atoms with Crippen molar-refractivity contribution in [2.75, 3.05) is 6.61 Å². The van der Waals surface area contributed by atoms with Crippen molar-refractivity contribution < 1.29 is 14.2 Å². The van der Waals surface area contributed by atoms with Crippen molar-refractivity contribution >= 4 is 10.9 Å². The van der Waals surface area contributed by atoms with E-state index in [2.05, 4.69) is 0 Å². The van der Waals surface area contributed by atoms with E-state index >= 15 is 0 Å². The number of nitrogens with zero attached hydrogens (tertiary/aromatic N) is 1. The molecule has 4 nitrogen and oxygen atoms in total. The summed E-state index contributed by atoms with van der Waals surface area (Å²) < 4.78 is 20.9. The zero-order valence-corrected chi connectivity index (χ0v) is 13.1. The molecule has 0 atom stereocenters. The van der Waals surface area contributed by atoms with Crippen molar-refractivity contribution in [2.45, 2.75) is 19.8 Å². The van der Waals surface area contributed by atoms with Gasteiger partial charge in [-0.15, -0.1) is 0 Å². The Balaban J connectivity index is 1.80. The first-order valence-corrected chi connectivity index (χ1v) is 7.73. The Hall–Kier alpha value is -2.50. The lowest BCUT2D eigenvalue weighted by atomic mass is 10.1. The summed E-state index contributed by atoms with van der Waals surface area (Å²) in [6.07, 6.45) is 0. The van der Waals surface area contributed by atoms with E-state index in [-0.39, 0.29) is 12.0 Å². The van der Waals surface area contributed by atoms with E-state index in [9.17, 15) is 14.3 Å². The predicted octanol–water partition coefficient (Wildman–Crippen LogP) is 2.85. The van der Waals surface area contributed by atoms with Crippen LogP contribution in [0.4, 0.5) is 4.39 Å². The first-order chi connectivity index (χ1) is 11.7. The van der Waals surface area contributed by atoms with Crippen LogP contribution in [0.25, 0.3) is 10.9 Å². The number of pyridine rings is 1. The van der Waals surface area contributed by atoms with Crippen LogP contribution in [-0.2, 0) is 24.5 Å². The maximum absolute atomic E-state index is 13.4. The van der Waals surface area contributed by atoms with Gasteiger partial charge in [0.2, 0.25) is 0 Å². The minimum Gasteiger partial charge on any atom is -0.390 e. The molecule has 0 aliphatic heterocycles. The molecule has 3 rings (SSSR count). The summed E-state index contributed by atoms with van der Waals surface area (Å²) in [6, 6.07) is 15.3. The van der Waals surface area contributed by atoms with Gasteiger partial charge in [-0.1, -0.05) is 30.3 Å². The molecule has 5 heteroatoms. The van der Waals surface area contributed by atoms with Crippen LogP contribution in [0.2, 0.25) is 0 Å². The van der Waals surface area contributed by atoms with E-state index in [1.807, 2.05) is 30.3 Å². The maximum atomic E-state index is 13.4. The zero-order chi connectivity index (χ0) is 16.9. The number of fused-ring (bicyclic) bond motifs is 1. The minimum absolute atomic E-state index is 0.263. The summed E-state index contributed by atoms with van der Waals surface area (Å²) in [7, 11) is 0. The number of rotatable bonds is 6. The molecule has 1 aromatic heterocycles. The third-order valence-corrected chi connectivity index (χ3v) is 3.89. The molecule has 1 N–H and O–H groups in total. The summed E-state index contributed by atoms with van der Waals surface area (Å²) in [5.74, 6) is -0.455. The molecule has 0 bridgehead atoms. The van der Waals surface area contributed by atoms with E-state index in [1.165, 1.54) is 18.2 Å². The molecule has 0 amide bonds. The molecule has 0 unspecified atom stereocenters. The Kier molecular flexibility index (Phi) is 5.03. The summed E-state index contributed by atoms with van der Waals surface area (Å²) >= 11 is 0. The molecule has 2 aromatic carbocycles. The van der Waals surface area contributed by atoms with Gasteiger partial charge in [0.25, 0.3) is 0 Å². The van der Waals surface area contributed by atoms with Crippen molar-refractivity contribution in [1.29, 1.82) is 0 Å². The van der Waals surface area contributed by atoms with Gasteiger partial charge < -0.3 is 14.4 Å². The Morgan fingerprint density at radius 2 is 1.88 bits per heavy atom. The predicted molar refractivity (Wildman–Crippen MR) is 90.2 cm³/mol. The monoisotopic (exact) mass is 327 g/mol. The fourth-order valence-electron chi connectivity index (χ4n) is 2.72. The first-order valence-electron chi connectivity index (χ1n) is 7.73. The molecule has 0 aliphatic rings. The van der Waals surface area contributed by atoms with Gasteiger partial charge in [0, 0.05) is 23.7 Å². The molecule has 0 aliphatic carbocycles. The largest absolute Gasteiger partial charge is 0.390 e. The quantitative estimate of drug-likeness (QED) is 0.708. The second-order valence-electron chi connectivity index (χ2n) is 5.51. The number of ether oxygens (including phenoxy) is 1. The molecule has 1 heterocycles. The van der Waals surface area contributed by atoms with Crippen LogP contribution in [0.1, 0.15) is 11.3 Å². The van der Waals surface area contributed by atoms with Gasteiger partial charge in [0.1, 0.15) is 5.82 Å². The Morgan fingerprint density at radius 1 is 1.08 bits per heavy atom. The lowest BCUT2D eigenvalue weighted by Crippen LogP contribution is -2.17. The van der Waals surface area contributed by atoms with Crippen molar-refractivity contribution in [3.63, 3.8) is 0 Å². The summed E-state index contributed by atoms with van der Waals surface area (Å²) in [5.41, 5.74) is 1.86. The van der Waals surface area contributed by atoms with E-state index in [0.717, 1.165) is 5.56 Å². The van der Waals surface area contributed by atoms with Gasteiger partial charge in [0.15, 0.2) is 5.43 Å². The van der Waals surface area contributed by atoms with Crippen LogP contribution in [0.3, 0.4) is 0 Å². The third kappa shape index (κ3) is 3.53. The maximum Gasteiger partial charge on any atom is 0.189 e. The molecule has 24 heavy (non-hydrogen) atoms. The van der Waals surface area contributed by atoms with E-state index < -0.39 is 5.82 Å². The van der Waals surface area contributed by atoms with Crippen LogP contribution < -0.4 is 5.43 Å². The van der Waals surface area contributed by atoms with Gasteiger partial charge >= 0.3 is 0 Å². The Labute approximate surface area is 138 Å². The minimum atomic E-state index is -0.455. The molecule has 0 saturated heterocycles. The average molecular weight is 327 g/mol. The summed E-state index contributed by atoms with van der Waals surface area (Å²) in [6.45, 7) is 1.10. The molecule has 3 aromatic rings. The fraction of sp³-hybridized carbons (Fsp3) is 0.211. The van der Waals surface area contributed by atoms with Crippen molar-refractivity contribution in [3.8, 4) is 0 Å². The number of hydrogen-bond acceptors (Lipinski definition) is 3. The van der Waals surface area contributed by atoms with Crippen molar-refractivity contribution in [3.05, 3.63) is 81.9 Å². The zero-order valence-electron chi connectivity index (χ0n) is 13.1. The second-order valence-corrected chi connectivity index (χ2v) is 5.51. The second kappa shape index (κ2) is 7.38. The van der Waals surface area contributed by atoms with E-state index in [4.69, 9.17) is 4.74 Å². The van der Waals surface area contributed by atoms with Crippen LogP contribution in [-0.4, -0.2) is 16.3 Å². The SMILES string of the molecule is O=c1cc(CO)n(CCOCc2ccccc2)c2ccc(F)cc12. The van der Waals surface area contributed by atoms with Gasteiger partial charge in [-0.2, -0.15) is 0 Å². The number of aliphatic hydroxyl groups excluding tert-OH is 1. The summed E-state index contributed by atoms with van der Waals surface area (Å²) in [4.78, 5) is 12.1. The van der Waals surface area contributed by atoms with Crippen LogP contribution in [0.15, 0.2) is 59.4 Å². The van der Waals surface area contributed by atoms with Gasteiger partial charge in [-0.3, -0.25) is 4.79 Å². The highest BCUT2D eigenvalue weighted by Gasteiger charge is 2.09. The number of aliphatic hydroxyl groups is 1. The summed E-state index contributed by atoms with van der Waals surface area (Å²) in [5, 5.41) is 9.82. The topological polar surface area (TPSA) is 51.5 Å². The highest BCUT2D eigenvalue weighted by molar-refractivity contribution is 5.79. The van der Waals surface area contributed by atoms with E-state index in [1.54, 1.807) is 10.6 Å². The van der Waals surface area contributed by atoms with Crippen LogP contribution >= 0.6 is 0 Å². The number of halogens is 1. The fourth-order valence-corrected chi connectivity index (χ4v) is 2.72. The molecule has 124 valence electrons. The lowest BCUT2D eigenvalue weighted by Gasteiger charge is -2.16. The molecule has 0 saturated carbocycles. The first kappa shape index (κ1) is 16.4. The molecule has 0 spiro atoms. The lowest BCUT2D eigenvalue weighted by molar-refractivity contribution is 0.112. The van der Waals surface area contributed by atoms with Gasteiger partial charge in [-0.05, 0) is 23.8 Å². The highest BCUT2D eigenvalue weighted by Crippen LogP contribution is 2.15. The normalized spacial score (nSPS) is 11.1.